The molecule has 0 aromatic heterocycles. The quantitative estimate of drug-likeness (QED) is 0.739. The van der Waals surface area contributed by atoms with Gasteiger partial charge in [-0.05, 0) is 18.8 Å². The number of carbonyl (C=O) groups is 2. The Kier molecular flexibility index (Phi) is 3.79. The largest absolute Gasteiger partial charge is 0.481 e. The minimum Gasteiger partial charge on any atom is -0.481 e. The third-order valence-corrected chi connectivity index (χ3v) is 5.26. The molecule has 2 saturated heterocycles. The molecule has 1 aliphatic carbocycles. The van der Waals surface area contributed by atoms with Gasteiger partial charge in [-0.2, -0.15) is 0 Å². The minimum atomic E-state index is -0.925. The van der Waals surface area contributed by atoms with Crippen molar-refractivity contribution in [1.29, 1.82) is 0 Å². The number of likely N-dealkylation sites (tertiary alicyclic amines) is 1. The first kappa shape index (κ1) is 14.6. The molecule has 0 radical (unpaired) electrons. The number of hydrogen-bond donors (Lipinski definition) is 2. The summed E-state index contributed by atoms with van der Waals surface area (Å²) < 4.78 is 5.22. The molecular weight excluding hydrogens is 276 g/mol. The summed E-state index contributed by atoms with van der Waals surface area (Å²) in [5.74, 6) is -1.03. The molecule has 2 N–H and O–H groups in total. The van der Waals surface area contributed by atoms with Gasteiger partial charge in [-0.15, -0.1) is 0 Å². The Balaban J connectivity index is 1.64. The lowest BCUT2D eigenvalue weighted by molar-refractivity contribution is -0.142. The number of carboxylic acid groups (broad SMARTS) is 1. The lowest BCUT2D eigenvalue weighted by Crippen LogP contribution is -2.49. The van der Waals surface area contributed by atoms with E-state index in [1.54, 1.807) is 11.9 Å². The molecule has 7 heteroatoms. The molecule has 21 heavy (non-hydrogen) atoms. The Labute approximate surface area is 123 Å². The fraction of sp³-hybridized carbons (Fsp3) is 0.857. The monoisotopic (exact) mass is 298 g/mol. The summed E-state index contributed by atoms with van der Waals surface area (Å²) in [6.45, 7) is 1.65. The number of carbonyl (C=O) groups excluding carboxylic acids is 1. The van der Waals surface area contributed by atoms with E-state index in [0.29, 0.717) is 19.0 Å². The van der Waals surface area contributed by atoms with E-state index < -0.39 is 17.9 Å². The number of nitrogens with zero attached hydrogens (tertiary/aromatic N) is 2. The molecule has 2 aliphatic heterocycles. The number of rotatable bonds is 2. The highest BCUT2D eigenvalue weighted by atomic mass is 16.5. The van der Waals surface area contributed by atoms with Gasteiger partial charge in [0.1, 0.15) is 5.92 Å². The molecule has 7 nitrogen and oxygen atoms in total. The average molecular weight is 298 g/mol. The molecule has 0 aromatic rings. The molecule has 3 fully saturated rings. The van der Waals surface area contributed by atoms with E-state index in [-0.39, 0.29) is 31.3 Å². The van der Waals surface area contributed by atoms with E-state index in [4.69, 9.17) is 4.74 Å². The average Bonchev–Trinajstić information content (AvgIpc) is 3.14. The molecule has 5 unspecified atom stereocenters. The van der Waals surface area contributed by atoms with Crippen LogP contribution in [0.3, 0.4) is 0 Å². The van der Waals surface area contributed by atoms with Crippen molar-refractivity contribution in [3.8, 4) is 0 Å². The first-order valence-corrected chi connectivity index (χ1v) is 7.49. The van der Waals surface area contributed by atoms with E-state index in [2.05, 4.69) is 0 Å². The number of likely N-dealkylation sites (N-methyl/N-ethyl adjacent to an activating group) is 1. The van der Waals surface area contributed by atoms with E-state index in [1.165, 1.54) is 4.90 Å². The number of hydrogen-bond acceptors (Lipinski definition) is 4. The van der Waals surface area contributed by atoms with Crippen molar-refractivity contribution in [2.24, 2.45) is 17.8 Å². The summed E-state index contributed by atoms with van der Waals surface area (Å²) in [6.07, 6.45) is 1.48. The van der Waals surface area contributed by atoms with Gasteiger partial charge in [-0.25, -0.2) is 4.79 Å². The van der Waals surface area contributed by atoms with Gasteiger partial charge in [-0.3, -0.25) is 4.79 Å². The second kappa shape index (κ2) is 5.46. The third-order valence-electron chi connectivity index (χ3n) is 5.26. The summed E-state index contributed by atoms with van der Waals surface area (Å²) in [6, 6.07) is -0.571. The highest BCUT2D eigenvalue weighted by Crippen LogP contribution is 2.38. The van der Waals surface area contributed by atoms with E-state index in [0.717, 1.165) is 12.8 Å². The van der Waals surface area contributed by atoms with Crippen molar-refractivity contribution in [1.82, 2.24) is 9.80 Å². The fourth-order valence-corrected chi connectivity index (χ4v) is 3.92. The maximum atomic E-state index is 12.6. The second-order valence-electron chi connectivity index (χ2n) is 6.42. The maximum Gasteiger partial charge on any atom is 0.320 e. The molecular formula is C14H22N2O5. The summed E-state index contributed by atoms with van der Waals surface area (Å²) >= 11 is 0. The highest BCUT2D eigenvalue weighted by molar-refractivity contribution is 5.77. The van der Waals surface area contributed by atoms with Gasteiger partial charge in [0.2, 0.25) is 0 Å². The summed E-state index contributed by atoms with van der Waals surface area (Å²) in [4.78, 5) is 27.0. The number of carboxylic acids is 1. The van der Waals surface area contributed by atoms with Crippen LogP contribution >= 0.6 is 0 Å². The van der Waals surface area contributed by atoms with Crippen molar-refractivity contribution in [2.75, 3.05) is 33.4 Å². The Bertz CT molecular complexity index is 443. The maximum absolute atomic E-state index is 12.6. The molecule has 0 bridgehead atoms. The van der Waals surface area contributed by atoms with Crippen LogP contribution in [0.15, 0.2) is 0 Å². The highest BCUT2D eigenvalue weighted by Gasteiger charge is 2.46. The second-order valence-corrected chi connectivity index (χ2v) is 6.42. The number of aliphatic hydroxyl groups is 1. The Morgan fingerprint density at radius 3 is 2.67 bits per heavy atom. The fourth-order valence-electron chi connectivity index (χ4n) is 3.92. The predicted molar refractivity (Wildman–Crippen MR) is 72.7 cm³/mol. The van der Waals surface area contributed by atoms with Gasteiger partial charge in [0.25, 0.3) is 0 Å². The normalized spacial score (nSPS) is 38.6. The van der Waals surface area contributed by atoms with Crippen LogP contribution in [0, 0.1) is 17.8 Å². The third kappa shape index (κ3) is 2.48. The van der Waals surface area contributed by atoms with Crippen LogP contribution in [0.2, 0.25) is 0 Å². The number of fused-ring (bicyclic) bond motifs is 1. The molecule has 0 aromatic carbocycles. The van der Waals surface area contributed by atoms with Crippen molar-refractivity contribution < 1.29 is 24.5 Å². The van der Waals surface area contributed by atoms with Gasteiger partial charge in [-0.1, -0.05) is 0 Å². The smallest absolute Gasteiger partial charge is 0.320 e. The molecule has 2 heterocycles. The molecule has 5 atom stereocenters. The number of aliphatic hydroxyl groups excluding tert-OH is 1. The molecule has 3 aliphatic rings. The standard InChI is InChI=1S/C14H22N2O5/c1-15(11-7-21-6-10(11)13(18)19)14(20)16-4-8-2-3-12(17)9(8)5-16/h8-12,17H,2-7H2,1H3,(H,18,19). The van der Waals surface area contributed by atoms with Crippen LogP contribution in [0.1, 0.15) is 12.8 Å². The summed E-state index contributed by atoms with van der Waals surface area (Å²) in [7, 11) is 1.64. The van der Waals surface area contributed by atoms with Crippen LogP contribution in [0.25, 0.3) is 0 Å². The van der Waals surface area contributed by atoms with Gasteiger partial charge in [0.15, 0.2) is 0 Å². The Morgan fingerprint density at radius 2 is 2.00 bits per heavy atom. The van der Waals surface area contributed by atoms with E-state index in [9.17, 15) is 19.8 Å². The lowest BCUT2D eigenvalue weighted by Gasteiger charge is -2.31. The van der Waals surface area contributed by atoms with Gasteiger partial charge in [0, 0.05) is 26.1 Å². The first-order chi connectivity index (χ1) is 9.99. The molecule has 3 rings (SSSR count). The molecule has 1 saturated carbocycles. The SMILES string of the molecule is CN(C(=O)N1CC2CCC(O)C2C1)C1COCC1C(=O)O. The van der Waals surface area contributed by atoms with Crippen LogP contribution in [-0.2, 0) is 9.53 Å². The predicted octanol–water partition coefficient (Wildman–Crippen LogP) is -0.159. The van der Waals surface area contributed by atoms with Crippen LogP contribution < -0.4 is 0 Å². The minimum absolute atomic E-state index is 0.154. The zero-order valence-electron chi connectivity index (χ0n) is 12.1. The van der Waals surface area contributed by atoms with Gasteiger partial charge < -0.3 is 24.7 Å². The zero-order valence-corrected chi connectivity index (χ0v) is 12.1. The summed E-state index contributed by atoms with van der Waals surface area (Å²) in [5.41, 5.74) is 0. The van der Waals surface area contributed by atoms with Crippen LogP contribution in [0.5, 0.6) is 0 Å². The van der Waals surface area contributed by atoms with E-state index in [1.807, 2.05) is 0 Å². The van der Waals surface area contributed by atoms with Gasteiger partial charge >= 0.3 is 12.0 Å². The number of ether oxygens (including phenoxy) is 1. The zero-order chi connectivity index (χ0) is 15.1. The number of aliphatic carboxylic acids is 1. The molecule has 0 spiro atoms. The summed E-state index contributed by atoms with van der Waals surface area (Å²) in [5, 5.41) is 19.1. The van der Waals surface area contributed by atoms with E-state index >= 15 is 0 Å². The first-order valence-electron chi connectivity index (χ1n) is 7.49. The van der Waals surface area contributed by atoms with Crippen LogP contribution in [-0.4, -0.2) is 77.5 Å². The molecule has 118 valence electrons. The van der Waals surface area contributed by atoms with Crippen molar-refractivity contribution in [2.45, 2.75) is 25.0 Å². The Morgan fingerprint density at radius 1 is 1.24 bits per heavy atom. The van der Waals surface area contributed by atoms with Crippen molar-refractivity contribution >= 4 is 12.0 Å². The Hall–Kier alpha value is -1.34. The lowest BCUT2D eigenvalue weighted by atomic mass is 10.00. The van der Waals surface area contributed by atoms with Crippen LogP contribution in [0.4, 0.5) is 4.79 Å². The van der Waals surface area contributed by atoms with Gasteiger partial charge in [0.05, 0.1) is 25.4 Å². The van der Waals surface area contributed by atoms with Crippen molar-refractivity contribution in [3.63, 3.8) is 0 Å². The number of amides is 2. The van der Waals surface area contributed by atoms with Crippen molar-refractivity contribution in [3.05, 3.63) is 0 Å². The topological polar surface area (TPSA) is 90.3 Å². The molecule has 2 amide bonds. The number of urea groups is 1.